The van der Waals surface area contributed by atoms with Gasteiger partial charge in [0.25, 0.3) is 5.56 Å². The lowest BCUT2D eigenvalue weighted by Gasteiger charge is -2.17. The van der Waals surface area contributed by atoms with Crippen LogP contribution < -0.4 is 10.9 Å². The number of aromatic amines is 1. The molecule has 0 aliphatic heterocycles. The van der Waals surface area contributed by atoms with E-state index in [2.05, 4.69) is 20.4 Å². The Bertz CT molecular complexity index is 980. The molecule has 26 heavy (non-hydrogen) atoms. The summed E-state index contributed by atoms with van der Waals surface area (Å²) in [7, 11) is 0. The van der Waals surface area contributed by atoms with Gasteiger partial charge < -0.3 is 5.32 Å². The number of amides is 1. The third-order valence-electron chi connectivity index (χ3n) is 3.75. The number of carbonyl (C=O) groups excluding carboxylic acids is 1. The van der Waals surface area contributed by atoms with Crippen molar-refractivity contribution in [2.75, 3.05) is 5.32 Å². The third kappa shape index (κ3) is 3.75. The Hall–Kier alpha value is -2.74. The number of H-pyrrole nitrogens is 1. The maximum absolute atomic E-state index is 12.5. The first-order chi connectivity index (χ1) is 12.3. The van der Waals surface area contributed by atoms with E-state index in [1.165, 1.54) is 10.7 Å². The molecule has 3 rings (SSSR count). The van der Waals surface area contributed by atoms with Crippen LogP contribution in [0.4, 0.5) is 5.82 Å². The molecule has 8 heteroatoms. The molecule has 3 aromatic rings. The molecule has 0 radical (unpaired) electrons. The van der Waals surface area contributed by atoms with Gasteiger partial charge in [-0.15, -0.1) is 11.3 Å². The lowest BCUT2D eigenvalue weighted by Crippen LogP contribution is -2.29. The quantitative estimate of drug-likeness (QED) is 0.736. The summed E-state index contributed by atoms with van der Waals surface area (Å²) >= 11 is 1.55. The average Bonchev–Trinajstić information content (AvgIpc) is 3.22. The molecule has 0 aromatic carbocycles. The van der Waals surface area contributed by atoms with Gasteiger partial charge in [0, 0.05) is 23.2 Å². The lowest BCUT2D eigenvalue weighted by molar-refractivity contribution is -0.123. The maximum Gasteiger partial charge on any atom is 0.252 e. The SMILES string of the molecule is CCc1cc(=O)[nH]c(-n2nc(-c3cccs3)cc2NC(=O)C(C)(C)C)n1. The van der Waals surface area contributed by atoms with E-state index in [9.17, 15) is 9.59 Å². The predicted molar refractivity (Wildman–Crippen MR) is 103 cm³/mol. The number of hydrogen-bond acceptors (Lipinski definition) is 5. The number of nitrogens with zero attached hydrogens (tertiary/aromatic N) is 3. The van der Waals surface area contributed by atoms with Crippen molar-refractivity contribution in [1.82, 2.24) is 19.7 Å². The number of thiophene rings is 1. The molecule has 0 aliphatic carbocycles. The van der Waals surface area contributed by atoms with Crippen LogP contribution in [0.3, 0.4) is 0 Å². The molecule has 0 bridgehead atoms. The zero-order chi connectivity index (χ0) is 18.9. The van der Waals surface area contributed by atoms with Gasteiger partial charge in [-0.05, 0) is 17.9 Å². The van der Waals surface area contributed by atoms with Crippen molar-refractivity contribution in [3.63, 3.8) is 0 Å². The molecule has 1 amide bonds. The Kier molecular flexibility index (Phi) is 4.78. The molecule has 0 spiro atoms. The number of carbonyl (C=O) groups is 1. The van der Waals surface area contributed by atoms with Crippen molar-refractivity contribution >= 4 is 23.1 Å². The summed E-state index contributed by atoms with van der Waals surface area (Å²) in [4.78, 5) is 32.5. The number of rotatable bonds is 4. The van der Waals surface area contributed by atoms with Crippen molar-refractivity contribution in [3.05, 3.63) is 45.7 Å². The molecule has 0 fully saturated rings. The van der Waals surface area contributed by atoms with Gasteiger partial charge >= 0.3 is 0 Å². The summed E-state index contributed by atoms with van der Waals surface area (Å²) in [6.45, 7) is 7.43. The molecule has 3 aromatic heterocycles. The van der Waals surface area contributed by atoms with Gasteiger partial charge in [-0.1, -0.05) is 33.8 Å². The van der Waals surface area contributed by atoms with Crippen LogP contribution in [-0.2, 0) is 11.2 Å². The van der Waals surface area contributed by atoms with Crippen molar-refractivity contribution in [3.8, 4) is 16.5 Å². The van der Waals surface area contributed by atoms with Crippen LogP contribution in [0.5, 0.6) is 0 Å². The monoisotopic (exact) mass is 371 g/mol. The highest BCUT2D eigenvalue weighted by atomic mass is 32.1. The van der Waals surface area contributed by atoms with Gasteiger partial charge in [-0.25, -0.2) is 4.98 Å². The van der Waals surface area contributed by atoms with E-state index in [0.717, 1.165) is 4.88 Å². The normalized spacial score (nSPS) is 11.5. The molecular weight excluding hydrogens is 350 g/mol. The maximum atomic E-state index is 12.5. The van der Waals surface area contributed by atoms with Gasteiger partial charge in [-0.2, -0.15) is 9.78 Å². The fraction of sp³-hybridized carbons (Fsp3) is 0.333. The average molecular weight is 371 g/mol. The number of hydrogen-bond donors (Lipinski definition) is 2. The molecule has 0 aliphatic rings. The molecule has 0 atom stereocenters. The van der Waals surface area contributed by atoms with Crippen LogP contribution in [0.2, 0.25) is 0 Å². The highest BCUT2D eigenvalue weighted by Crippen LogP contribution is 2.28. The highest BCUT2D eigenvalue weighted by molar-refractivity contribution is 7.13. The molecule has 136 valence electrons. The minimum Gasteiger partial charge on any atom is -0.310 e. The van der Waals surface area contributed by atoms with E-state index >= 15 is 0 Å². The Morgan fingerprint density at radius 3 is 2.73 bits per heavy atom. The zero-order valence-corrected chi connectivity index (χ0v) is 16.0. The summed E-state index contributed by atoms with van der Waals surface area (Å²) in [5.74, 6) is 0.594. The van der Waals surface area contributed by atoms with Crippen molar-refractivity contribution in [2.45, 2.75) is 34.1 Å². The minimum absolute atomic E-state index is 0.148. The van der Waals surface area contributed by atoms with E-state index in [0.29, 0.717) is 23.6 Å². The molecule has 0 unspecified atom stereocenters. The fourth-order valence-electron chi connectivity index (χ4n) is 2.26. The third-order valence-corrected chi connectivity index (χ3v) is 4.64. The van der Waals surface area contributed by atoms with E-state index in [1.807, 2.05) is 45.2 Å². The molecule has 3 heterocycles. The van der Waals surface area contributed by atoms with Crippen molar-refractivity contribution < 1.29 is 4.79 Å². The Labute approximate surface area is 155 Å². The van der Waals surface area contributed by atoms with E-state index in [4.69, 9.17) is 0 Å². The first kappa shape index (κ1) is 18.1. The second-order valence-corrected chi connectivity index (χ2v) is 7.87. The molecule has 2 N–H and O–H groups in total. The molecular formula is C18H21N5O2S. The summed E-state index contributed by atoms with van der Waals surface area (Å²) in [6.07, 6.45) is 0.625. The van der Waals surface area contributed by atoms with Crippen LogP contribution in [0.15, 0.2) is 34.4 Å². The number of nitrogens with one attached hydrogen (secondary N) is 2. The van der Waals surface area contributed by atoms with E-state index < -0.39 is 5.41 Å². The molecule has 0 saturated heterocycles. The number of aromatic nitrogens is 4. The van der Waals surface area contributed by atoms with Crippen LogP contribution >= 0.6 is 11.3 Å². The smallest absolute Gasteiger partial charge is 0.252 e. The molecule has 0 saturated carbocycles. The lowest BCUT2D eigenvalue weighted by atomic mass is 9.96. The first-order valence-electron chi connectivity index (χ1n) is 8.34. The van der Waals surface area contributed by atoms with Crippen LogP contribution in [-0.4, -0.2) is 25.7 Å². The van der Waals surface area contributed by atoms with Crippen molar-refractivity contribution in [2.24, 2.45) is 5.41 Å². The second kappa shape index (κ2) is 6.87. The summed E-state index contributed by atoms with van der Waals surface area (Å²) in [5, 5.41) is 9.40. The molecule has 7 nitrogen and oxygen atoms in total. The number of aryl methyl sites for hydroxylation is 1. The van der Waals surface area contributed by atoms with Crippen LogP contribution in [0.1, 0.15) is 33.4 Å². The zero-order valence-electron chi connectivity index (χ0n) is 15.2. The van der Waals surface area contributed by atoms with Crippen LogP contribution in [0, 0.1) is 5.41 Å². The van der Waals surface area contributed by atoms with E-state index in [-0.39, 0.29) is 17.4 Å². The predicted octanol–water partition coefficient (Wildman–Crippen LogP) is 3.23. The Morgan fingerprint density at radius 1 is 1.35 bits per heavy atom. The van der Waals surface area contributed by atoms with Gasteiger partial charge in [-0.3, -0.25) is 14.6 Å². The van der Waals surface area contributed by atoms with Gasteiger partial charge in [0.2, 0.25) is 11.9 Å². The second-order valence-electron chi connectivity index (χ2n) is 6.92. The van der Waals surface area contributed by atoms with Gasteiger partial charge in [0.15, 0.2) is 0 Å². The summed E-state index contributed by atoms with van der Waals surface area (Å²) < 4.78 is 1.47. The Morgan fingerprint density at radius 2 is 2.12 bits per heavy atom. The standard InChI is InChI=1S/C18H21N5O2S/c1-5-11-9-15(24)21-17(19-11)23-14(20-16(25)18(2,3)4)10-12(22-23)13-7-6-8-26-13/h6-10H,5H2,1-4H3,(H,20,25)(H,19,21,24). The number of anilines is 1. The highest BCUT2D eigenvalue weighted by Gasteiger charge is 2.24. The van der Waals surface area contributed by atoms with Crippen LogP contribution in [0.25, 0.3) is 16.5 Å². The first-order valence-corrected chi connectivity index (χ1v) is 9.22. The van der Waals surface area contributed by atoms with E-state index in [1.54, 1.807) is 17.4 Å². The largest absolute Gasteiger partial charge is 0.310 e. The Balaban J connectivity index is 2.12. The fourth-order valence-corrected chi connectivity index (χ4v) is 2.94. The summed E-state index contributed by atoms with van der Waals surface area (Å²) in [6, 6.07) is 7.13. The van der Waals surface area contributed by atoms with Gasteiger partial charge in [0.05, 0.1) is 4.88 Å². The van der Waals surface area contributed by atoms with Gasteiger partial charge in [0.1, 0.15) is 11.5 Å². The topological polar surface area (TPSA) is 92.7 Å². The summed E-state index contributed by atoms with van der Waals surface area (Å²) in [5.41, 5.74) is 0.538. The van der Waals surface area contributed by atoms with Crippen molar-refractivity contribution in [1.29, 1.82) is 0 Å². The minimum atomic E-state index is -0.565.